The molecule has 0 aliphatic carbocycles. The molecule has 0 aliphatic heterocycles. The van der Waals surface area contributed by atoms with Gasteiger partial charge in [-0.1, -0.05) is 55.2 Å². The Labute approximate surface area is 138 Å². The molecular formula is C16H32INO2. The molecule has 3 nitrogen and oxygen atoms in total. The highest BCUT2D eigenvalue weighted by atomic mass is 127. The first-order chi connectivity index (χ1) is 9.24. The van der Waals surface area contributed by atoms with Crippen LogP contribution in [-0.4, -0.2) is 22.2 Å². The number of hydrogen-bond donors (Lipinski definition) is 1. The largest absolute Gasteiger partial charge is 0.444 e. The molecule has 2 unspecified atom stereocenters. The molecule has 0 aliphatic rings. The summed E-state index contributed by atoms with van der Waals surface area (Å²) in [5, 5.41) is 2.92. The first-order valence-electron chi connectivity index (χ1n) is 7.80. The van der Waals surface area contributed by atoms with E-state index in [1.165, 1.54) is 36.5 Å². The number of carbonyl (C=O) groups excluding carboxylic acids is 1. The summed E-state index contributed by atoms with van der Waals surface area (Å²) in [6.07, 6.45) is 7.29. The topological polar surface area (TPSA) is 38.3 Å². The average Bonchev–Trinajstić information content (AvgIpc) is 2.25. The summed E-state index contributed by atoms with van der Waals surface area (Å²) < 4.78 is 6.53. The third-order valence-corrected chi connectivity index (χ3v) is 3.86. The number of nitrogens with one attached hydrogen (secondary N) is 1. The van der Waals surface area contributed by atoms with Crippen molar-refractivity contribution in [3.05, 3.63) is 0 Å². The fourth-order valence-corrected chi connectivity index (χ4v) is 2.77. The first-order valence-corrected chi connectivity index (χ1v) is 9.32. The van der Waals surface area contributed by atoms with Crippen molar-refractivity contribution in [3.63, 3.8) is 0 Å². The third kappa shape index (κ3) is 13.0. The van der Waals surface area contributed by atoms with Crippen LogP contribution in [0.25, 0.3) is 0 Å². The zero-order valence-corrected chi connectivity index (χ0v) is 16.0. The molecule has 0 aromatic carbocycles. The van der Waals surface area contributed by atoms with Crippen LogP contribution in [0.15, 0.2) is 0 Å². The molecule has 0 spiro atoms. The maximum atomic E-state index is 11.6. The summed E-state index contributed by atoms with van der Waals surface area (Å²) in [6, 6.07) is 0.175. The van der Waals surface area contributed by atoms with Gasteiger partial charge in [-0.05, 0) is 50.9 Å². The Hall–Kier alpha value is 0. The predicted octanol–water partition coefficient (Wildman–Crippen LogP) is 5.31. The monoisotopic (exact) mass is 397 g/mol. The van der Waals surface area contributed by atoms with E-state index in [-0.39, 0.29) is 12.1 Å². The van der Waals surface area contributed by atoms with Crippen LogP contribution in [0.5, 0.6) is 0 Å². The zero-order chi connectivity index (χ0) is 15.6. The average molecular weight is 397 g/mol. The summed E-state index contributed by atoms with van der Waals surface area (Å²) in [5.41, 5.74) is -0.423. The van der Waals surface area contributed by atoms with Gasteiger partial charge in [0.1, 0.15) is 5.60 Å². The molecule has 0 rings (SSSR count). The van der Waals surface area contributed by atoms with Crippen LogP contribution in [0.2, 0.25) is 0 Å². The molecule has 0 aromatic rings. The first kappa shape index (κ1) is 20.0. The normalized spacial score (nSPS) is 14.7. The van der Waals surface area contributed by atoms with Gasteiger partial charge in [-0.2, -0.15) is 0 Å². The van der Waals surface area contributed by atoms with Gasteiger partial charge in [0.2, 0.25) is 0 Å². The van der Waals surface area contributed by atoms with Gasteiger partial charge in [0, 0.05) is 6.04 Å². The van der Waals surface area contributed by atoms with Gasteiger partial charge in [-0.15, -0.1) is 0 Å². The Morgan fingerprint density at radius 2 is 1.75 bits per heavy atom. The van der Waals surface area contributed by atoms with Gasteiger partial charge in [0.15, 0.2) is 0 Å². The van der Waals surface area contributed by atoms with Crippen molar-refractivity contribution in [2.45, 2.75) is 84.8 Å². The van der Waals surface area contributed by atoms with Crippen molar-refractivity contribution in [1.29, 1.82) is 0 Å². The maximum Gasteiger partial charge on any atom is 0.407 e. The molecule has 0 heterocycles. The van der Waals surface area contributed by atoms with E-state index in [4.69, 9.17) is 4.74 Å². The van der Waals surface area contributed by atoms with Gasteiger partial charge < -0.3 is 10.1 Å². The van der Waals surface area contributed by atoms with E-state index in [1.807, 2.05) is 20.8 Å². The Kier molecular flexibility index (Phi) is 10.7. The summed E-state index contributed by atoms with van der Waals surface area (Å²) in [4.78, 5) is 11.6. The molecule has 0 bridgehead atoms. The molecule has 0 saturated heterocycles. The number of ether oxygens (including phenoxy) is 1. The Morgan fingerprint density at radius 3 is 2.30 bits per heavy atom. The van der Waals surface area contributed by atoms with E-state index in [0.29, 0.717) is 5.92 Å². The number of amides is 1. The number of hydrogen-bond acceptors (Lipinski definition) is 2. The minimum atomic E-state index is -0.423. The Morgan fingerprint density at radius 1 is 1.15 bits per heavy atom. The maximum absolute atomic E-state index is 11.6. The standard InChI is InChI=1S/C16H32INO2/c1-13(10-8-6-7-9-11-17)12-14(2)18-15(19)20-16(3,4)5/h13-14H,6-12H2,1-5H3,(H,18,19). The van der Waals surface area contributed by atoms with Gasteiger partial charge in [0.25, 0.3) is 0 Å². The molecule has 0 fully saturated rings. The number of alkyl carbamates (subject to hydrolysis) is 1. The number of rotatable bonds is 9. The number of halogens is 1. The highest BCUT2D eigenvalue weighted by Gasteiger charge is 2.18. The highest BCUT2D eigenvalue weighted by Crippen LogP contribution is 2.16. The minimum absolute atomic E-state index is 0.175. The van der Waals surface area contributed by atoms with Crippen molar-refractivity contribution < 1.29 is 9.53 Å². The molecule has 0 aromatic heterocycles. The second-order valence-corrected chi connectivity index (χ2v) is 7.86. The number of alkyl halides is 1. The third-order valence-electron chi connectivity index (χ3n) is 3.10. The summed E-state index contributed by atoms with van der Waals surface area (Å²) in [5.74, 6) is 0.652. The summed E-state index contributed by atoms with van der Waals surface area (Å²) in [7, 11) is 0. The van der Waals surface area contributed by atoms with E-state index in [0.717, 1.165) is 6.42 Å². The lowest BCUT2D eigenvalue weighted by molar-refractivity contribution is 0.0502. The molecule has 0 radical (unpaired) electrons. The van der Waals surface area contributed by atoms with Gasteiger partial charge in [-0.3, -0.25) is 0 Å². The smallest absolute Gasteiger partial charge is 0.407 e. The Bertz CT molecular complexity index is 264. The number of unbranched alkanes of at least 4 members (excludes halogenated alkanes) is 3. The lowest BCUT2D eigenvalue weighted by Gasteiger charge is -2.23. The van der Waals surface area contributed by atoms with E-state index in [1.54, 1.807) is 0 Å². The van der Waals surface area contributed by atoms with E-state index in [2.05, 4.69) is 41.8 Å². The van der Waals surface area contributed by atoms with Gasteiger partial charge in [-0.25, -0.2) is 4.79 Å². The molecule has 1 amide bonds. The quantitative estimate of drug-likeness (QED) is 0.325. The lowest BCUT2D eigenvalue weighted by Crippen LogP contribution is -2.38. The molecule has 20 heavy (non-hydrogen) atoms. The van der Waals surface area contributed by atoms with Crippen LogP contribution in [0, 0.1) is 5.92 Å². The van der Waals surface area contributed by atoms with Crippen molar-refractivity contribution in [1.82, 2.24) is 5.32 Å². The zero-order valence-electron chi connectivity index (χ0n) is 13.8. The molecular weight excluding hydrogens is 365 g/mol. The Balaban J connectivity index is 3.73. The van der Waals surface area contributed by atoms with Crippen LogP contribution in [0.4, 0.5) is 4.79 Å². The fourth-order valence-electron chi connectivity index (χ4n) is 2.23. The molecule has 120 valence electrons. The van der Waals surface area contributed by atoms with Crippen LogP contribution in [0.1, 0.15) is 73.1 Å². The van der Waals surface area contributed by atoms with Gasteiger partial charge in [0.05, 0.1) is 0 Å². The highest BCUT2D eigenvalue weighted by molar-refractivity contribution is 14.1. The van der Waals surface area contributed by atoms with Crippen molar-refractivity contribution in [2.24, 2.45) is 5.92 Å². The van der Waals surface area contributed by atoms with Crippen LogP contribution in [0.3, 0.4) is 0 Å². The molecule has 4 heteroatoms. The van der Waals surface area contributed by atoms with Crippen LogP contribution >= 0.6 is 22.6 Å². The summed E-state index contributed by atoms with van der Waals surface area (Å²) >= 11 is 2.44. The fraction of sp³-hybridized carbons (Fsp3) is 0.938. The van der Waals surface area contributed by atoms with E-state index < -0.39 is 5.60 Å². The second kappa shape index (κ2) is 10.7. The van der Waals surface area contributed by atoms with Crippen molar-refractivity contribution in [2.75, 3.05) is 4.43 Å². The second-order valence-electron chi connectivity index (χ2n) is 6.78. The minimum Gasteiger partial charge on any atom is -0.444 e. The van der Waals surface area contributed by atoms with Crippen LogP contribution in [-0.2, 0) is 4.74 Å². The lowest BCUT2D eigenvalue weighted by atomic mass is 9.96. The molecule has 0 saturated carbocycles. The van der Waals surface area contributed by atoms with Crippen LogP contribution < -0.4 is 5.32 Å². The SMILES string of the molecule is CC(CCCCCCI)CC(C)NC(=O)OC(C)(C)C. The summed E-state index contributed by atoms with van der Waals surface area (Å²) in [6.45, 7) is 9.98. The molecule has 1 N–H and O–H groups in total. The van der Waals surface area contributed by atoms with Crippen molar-refractivity contribution in [3.8, 4) is 0 Å². The number of carbonyl (C=O) groups is 1. The molecule has 2 atom stereocenters. The van der Waals surface area contributed by atoms with Gasteiger partial charge >= 0.3 is 6.09 Å². The van der Waals surface area contributed by atoms with Crippen molar-refractivity contribution >= 4 is 28.7 Å². The predicted molar refractivity (Wildman–Crippen MR) is 94.6 cm³/mol. The van der Waals surface area contributed by atoms with E-state index >= 15 is 0 Å². The van der Waals surface area contributed by atoms with E-state index in [9.17, 15) is 4.79 Å².